The SMILES string of the molecule is N#Cc1ccc(N2C[C@H]3[C@@H]4C[C@H]([C@H]3S2(=O)=O)[C@@H](O)C4)cc1CF. The van der Waals surface area contributed by atoms with Gasteiger partial charge in [0.05, 0.1) is 28.7 Å². The van der Waals surface area contributed by atoms with Crippen molar-refractivity contribution in [2.75, 3.05) is 10.8 Å². The number of aliphatic hydroxyl groups is 1. The molecule has 1 heterocycles. The fourth-order valence-electron chi connectivity index (χ4n) is 4.72. The summed E-state index contributed by atoms with van der Waals surface area (Å²) in [6.07, 6.45) is 0.934. The lowest BCUT2D eigenvalue weighted by atomic mass is 9.87. The second kappa shape index (κ2) is 4.92. The Morgan fingerprint density at radius 2 is 2.13 bits per heavy atom. The highest BCUT2D eigenvalue weighted by Gasteiger charge is 2.62. The van der Waals surface area contributed by atoms with Gasteiger partial charge < -0.3 is 5.11 Å². The largest absolute Gasteiger partial charge is 0.393 e. The summed E-state index contributed by atoms with van der Waals surface area (Å²) >= 11 is 0. The summed E-state index contributed by atoms with van der Waals surface area (Å²) in [6.45, 7) is -0.417. The summed E-state index contributed by atoms with van der Waals surface area (Å²) in [6, 6.07) is 6.40. The number of hydrogen-bond donors (Lipinski definition) is 1. The van der Waals surface area contributed by atoms with E-state index >= 15 is 0 Å². The van der Waals surface area contributed by atoms with Crippen LogP contribution in [0.1, 0.15) is 24.0 Å². The third-order valence-corrected chi connectivity index (χ3v) is 8.09. The van der Waals surface area contributed by atoms with E-state index in [2.05, 4.69) is 0 Å². The van der Waals surface area contributed by atoms with E-state index < -0.39 is 28.1 Å². The molecule has 0 unspecified atom stereocenters. The number of anilines is 1. The maximum atomic E-state index is 13.1. The van der Waals surface area contributed by atoms with Crippen molar-refractivity contribution in [1.29, 1.82) is 5.26 Å². The number of alkyl halides is 1. The van der Waals surface area contributed by atoms with Crippen LogP contribution in [0.4, 0.5) is 10.1 Å². The molecule has 1 N–H and O–H groups in total. The first-order valence-electron chi connectivity index (χ1n) is 7.76. The van der Waals surface area contributed by atoms with Crippen LogP contribution in [0, 0.1) is 29.1 Å². The number of rotatable bonds is 2. The molecule has 1 saturated heterocycles. The highest BCUT2D eigenvalue weighted by atomic mass is 32.2. The zero-order chi connectivity index (χ0) is 16.4. The minimum Gasteiger partial charge on any atom is -0.393 e. The van der Waals surface area contributed by atoms with Crippen molar-refractivity contribution in [2.24, 2.45) is 17.8 Å². The number of nitrogens with zero attached hydrogens (tertiary/aromatic N) is 2. The Kier molecular flexibility index (Phi) is 3.19. The molecule has 1 aromatic carbocycles. The molecule has 2 saturated carbocycles. The summed E-state index contributed by atoms with van der Waals surface area (Å²) in [7, 11) is -3.56. The van der Waals surface area contributed by atoms with Gasteiger partial charge in [0.15, 0.2) is 0 Å². The molecule has 5 atom stereocenters. The Morgan fingerprint density at radius 3 is 2.83 bits per heavy atom. The summed E-state index contributed by atoms with van der Waals surface area (Å²) in [5.74, 6) is 0.107. The van der Waals surface area contributed by atoms with Crippen molar-refractivity contribution in [3.63, 3.8) is 0 Å². The molecule has 4 rings (SSSR count). The molecule has 5 nitrogen and oxygen atoms in total. The minimum absolute atomic E-state index is 0.0397. The fraction of sp³-hybridized carbons (Fsp3) is 0.562. The number of hydrogen-bond acceptors (Lipinski definition) is 4. The molecule has 0 spiro atoms. The van der Waals surface area contributed by atoms with Crippen molar-refractivity contribution in [1.82, 2.24) is 0 Å². The maximum absolute atomic E-state index is 13.1. The van der Waals surface area contributed by atoms with Gasteiger partial charge in [-0.15, -0.1) is 0 Å². The van der Waals surface area contributed by atoms with Crippen LogP contribution in [0.3, 0.4) is 0 Å². The first kappa shape index (κ1) is 14.9. The lowest BCUT2D eigenvalue weighted by Gasteiger charge is -2.26. The number of fused-ring (bicyclic) bond motifs is 5. The molecule has 2 aliphatic carbocycles. The van der Waals surface area contributed by atoms with Crippen LogP contribution in [-0.4, -0.2) is 31.4 Å². The van der Waals surface area contributed by atoms with Crippen LogP contribution in [0.2, 0.25) is 0 Å². The van der Waals surface area contributed by atoms with Gasteiger partial charge in [-0.05, 0) is 42.9 Å². The van der Waals surface area contributed by atoms with Crippen LogP contribution in [0.15, 0.2) is 18.2 Å². The fourth-order valence-corrected chi connectivity index (χ4v) is 7.29. The van der Waals surface area contributed by atoms with Gasteiger partial charge in [-0.1, -0.05) is 0 Å². The molecule has 3 aliphatic rings. The van der Waals surface area contributed by atoms with E-state index in [0.717, 1.165) is 6.42 Å². The Morgan fingerprint density at radius 1 is 1.35 bits per heavy atom. The smallest absolute Gasteiger partial charge is 0.238 e. The highest BCUT2D eigenvalue weighted by molar-refractivity contribution is 7.93. The molecule has 3 fully saturated rings. The summed E-state index contributed by atoms with van der Waals surface area (Å²) in [5.41, 5.74) is 0.851. The molecular weight excluding hydrogens is 319 g/mol. The molecule has 23 heavy (non-hydrogen) atoms. The second-order valence-corrected chi connectivity index (χ2v) is 8.77. The Balaban J connectivity index is 1.73. The van der Waals surface area contributed by atoms with Crippen molar-refractivity contribution < 1.29 is 17.9 Å². The van der Waals surface area contributed by atoms with Crippen LogP contribution >= 0.6 is 0 Å². The van der Waals surface area contributed by atoms with Gasteiger partial charge in [-0.2, -0.15) is 5.26 Å². The van der Waals surface area contributed by atoms with Crippen LogP contribution in [-0.2, 0) is 16.7 Å². The van der Waals surface area contributed by atoms with E-state index in [1.165, 1.54) is 16.4 Å². The van der Waals surface area contributed by atoms with Gasteiger partial charge >= 0.3 is 0 Å². The molecular formula is C16H17FN2O3S. The number of aliphatic hydroxyl groups excluding tert-OH is 1. The monoisotopic (exact) mass is 336 g/mol. The first-order valence-corrected chi connectivity index (χ1v) is 9.26. The van der Waals surface area contributed by atoms with E-state index in [4.69, 9.17) is 5.26 Å². The van der Waals surface area contributed by atoms with Crippen molar-refractivity contribution in [3.8, 4) is 6.07 Å². The van der Waals surface area contributed by atoms with E-state index in [1.54, 1.807) is 6.07 Å². The van der Waals surface area contributed by atoms with Gasteiger partial charge in [0, 0.05) is 18.0 Å². The molecule has 1 aromatic rings. The molecule has 0 amide bonds. The van der Waals surface area contributed by atoms with Crippen molar-refractivity contribution in [3.05, 3.63) is 29.3 Å². The molecule has 122 valence electrons. The number of sulfonamides is 1. The molecule has 0 aromatic heterocycles. The minimum atomic E-state index is -3.56. The van der Waals surface area contributed by atoms with Gasteiger partial charge in [0.2, 0.25) is 10.0 Å². The average molecular weight is 336 g/mol. The zero-order valence-corrected chi connectivity index (χ0v) is 13.2. The Bertz CT molecular complexity index is 804. The van der Waals surface area contributed by atoms with Crippen molar-refractivity contribution >= 4 is 15.7 Å². The van der Waals surface area contributed by atoms with Gasteiger partial charge in [-0.3, -0.25) is 4.31 Å². The molecule has 7 heteroatoms. The van der Waals surface area contributed by atoms with Crippen LogP contribution in [0.5, 0.6) is 0 Å². The number of halogens is 1. The van der Waals surface area contributed by atoms with Gasteiger partial charge in [-0.25, -0.2) is 12.8 Å². The Hall–Kier alpha value is -1.65. The number of nitriles is 1. The summed E-state index contributed by atoms with van der Waals surface area (Å²) in [5, 5.41) is 18.5. The third kappa shape index (κ3) is 1.95. The first-order chi connectivity index (χ1) is 11.0. The Labute approximate surface area is 134 Å². The highest BCUT2D eigenvalue weighted by Crippen LogP contribution is 2.55. The maximum Gasteiger partial charge on any atom is 0.238 e. The third-order valence-electron chi connectivity index (χ3n) is 5.73. The van der Waals surface area contributed by atoms with Crippen LogP contribution in [0.25, 0.3) is 0 Å². The quantitative estimate of drug-likeness (QED) is 0.889. The van der Waals surface area contributed by atoms with E-state index in [9.17, 15) is 17.9 Å². The molecule has 2 bridgehead atoms. The standard InChI is InChI=1S/C16H17FN2O3S/c17-6-11-3-12(2-1-9(11)7-18)19-8-14-10-4-13(15(20)5-10)16(14)23(19,21)22/h1-3,10,13-16,20H,4-6,8H2/t10-,13+,14+,15+,16-/m1/s1. The van der Waals surface area contributed by atoms with E-state index in [-0.39, 0.29) is 28.9 Å². The van der Waals surface area contributed by atoms with Crippen molar-refractivity contribution in [2.45, 2.75) is 30.9 Å². The van der Waals surface area contributed by atoms with Gasteiger partial charge in [0.1, 0.15) is 6.67 Å². The number of benzene rings is 1. The van der Waals surface area contributed by atoms with E-state index in [1.807, 2.05) is 6.07 Å². The zero-order valence-electron chi connectivity index (χ0n) is 12.4. The molecule has 0 radical (unpaired) electrons. The van der Waals surface area contributed by atoms with Crippen LogP contribution < -0.4 is 4.31 Å². The predicted molar refractivity (Wildman–Crippen MR) is 81.7 cm³/mol. The van der Waals surface area contributed by atoms with Gasteiger partial charge in [0.25, 0.3) is 0 Å². The second-order valence-electron chi connectivity index (χ2n) is 6.75. The summed E-state index contributed by atoms with van der Waals surface area (Å²) in [4.78, 5) is 0. The lowest BCUT2D eigenvalue weighted by molar-refractivity contribution is 0.102. The normalized spacial score (nSPS) is 36.9. The predicted octanol–water partition coefficient (Wildman–Crippen LogP) is 1.56. The topological polar surface area (TPSA) is 81.4 Å². The lowest BCUT2D eigenvalue weighted by Crippen LogP contribution is -2.38. The summed E-state index contributed by atoms with van der Waals surface area (Å²) < 4.78 is 40.3. The van der Waals surface area contributed by atoms with E-state index in [0.29, 0.717) is 18.7 Å². The molecule has 1 aliphatic heterocycles. The average Bonchev–Trinajstić information content (AvgIpc) is 3.16.